The maximum absolute atomic E-state index is 13.3. The van der Waals surface area contributed by atoms with E-state index < -0.39 is 5.82 Å². The first kappa shape index (κ1) is 12.4. The summed E-state index contributed by atoms with van der Waals surface area (Å²) in [5.74, 6) is -0.260. The Kier molecular flexibility index (Phi) is 4.47. The molecule has 0 bridgehead atoms. The van der Waals surface area contributed by atoms with Crippen LogP contribution in [0.15, 0.2) is 22.7 Å². The van der Waals surface area contributed by atoms with Gasteiger partial charge in [0.15, 0.2) is 11.6 Å². The van der Waals surface area contributed by atoms with E-state index in [2.05, 4.69) is 15.9 Å². The van der Waals surface area contributed by atoms with Gasteiger partial charge in [-0.1, -0.05) is 35.1 Å². The van der Waals surface area contributed by atoms with E-state index in [9.17, 15) is 4.39 Å². The zero-order chi connectivity index (χ0) is 11.4. The lowest BCUT2D eigenvalue weighted by Crippen LogP contribution is -2.24. The van der Waals surface area contributed by atoms with Crippen LogP contribution >= 0.6 is 28.1 Å². The van der Waals surface area contributed by atoms with Gasteiger partial charge in [-0.25, -0.2) is 4.39 Å². The molecule has 0 aliphatic rings. The zero-order valence-electron chi connectivity index (χ0n) is 8.17. The third-order valence-corrected chi connectivity index (χ3v) is 2.76. The third-order valence-electron chi connectivity index (χ3n) is 1.87. The Morgan fingerprint density at radius 2 is 2.33 bits per heavy atom. The normalized spacial score (nSPS) is 12.2. The van der Waals surface area contributed by atoms with Crippen molar-refractivity contribution in [2.45, 2.75) is 6.92 Å². The van der Waals surface area contributed by atoms with Gasteiger partial charge >= 0.3 is 0 Å². The van der Waals surface area contributed by atoms with Gasteiger partial charge in [0.25, 0.3) is 0 Å². The van der Waals surface area contributed by atoms with Crippen molar-refractivity contribution in [1.29, 1.82) is 0 Å². The molecule has 1 atom stereocenters. The molecular weight excluding hydrogens is 281 g/mol. The highest BCUT2D eigenvalue weighted by atomic mass is 79.9. The summed E-state index contributed by atoms with van der Waals surface area (Å²) < 4.78 is 19.2. The van der Waals surface area contributed by atoms with Crippen LogP contribution in [0.2, 0.25) is 0 Å². The number of ether oxygens (including phenoxy) is 1. The Morgan fingerprint density at radius 1 is 1.67 bits per heavy atom. The van der Waals surface area contributed by atoms with E-state index in [1.54, 1.807) is 12.1 Å². The fraction of sp³-hybridized carbons (Fsp3) is 0.300. The Balaban J connectivity index is 2.62. The minimum atomic E-state index is -0.403. The molecule has 15 heavy (non-hydrogen) atoms. The van der Waals surface area contributed by atoms with Crippen molar-refractivity contribution in [3.05, 3.63) is 28.5 Å². The van der Waals surface area contributed by atoms with Crippen molar-refractivity contribution < 1.29 is 9.13 Å². The fourth-order valence-electron chi connectivity index (χ4n) is 0.889. The summed E-state index contributed by atoms with van der Waals surface area (Å²) in [5, 5.41) is 0. The van der Waals surface area contributed by atoms with Crippen LogP contribution in [0.25, 0.3) is 0 Å². The molecule has 2 nitrogen and oxygen atoms in total. The lowest BCUT2D eigenvalue weighted by atomic mass is 10.2. The van der Waals surface area contributed by atoms with E-state index in [1.165, 1.54) is 6.07 Å². The molecule has 0 aromatic heterocycles. The number of halogens is 2. The SMILES string of the molecule is CC(COc1ccc(Br)cc1F)C(N)=S. The van der Waals surface area contributed by atoms with E-state index in [4.69, 9.17) is 22.7 Å². The number of hydrogen-bond donors (Lipinski definition) is 1. The van der Waals surface area contributed by atoms with Gasteiger partial charge in [0.05, 0.1) is 11.6 Å². The smallest absolute Gasteiger partial charge is 0.166 e. The van der Waals surface area contributed by atoms with Crippen LogP contribution in [0.5, 0.6) is 5.75 Å². The highest BCUT2D eigenvalue weighted by molar-refractivity contribution is 9.10. The number of benzene rings is 1. The molecule has 5 heteroatoms. The van der Waals surface area contributed by atoms with Crippen LogP contribution in [0, 0.1) is 11.7 Å². The van der Waals surface area contributed by atoms with Gasteiger partial charge in [0, 0.05) is 10.4 Å². The summed E-state index contributed by atoms with van der Waals surface area (Å²) in [6, 6.07) is 4.62. The van der Waals surface area contributed by atoms with E-state index in [0.29, 0.717) is 9.46 Å². The minimum absolute atomic E-state index is 0.0666. The largest absolute Gasteiger partial charge is 0.490 e. The summed E-state index contributed by atoms with van der Waals surface area (Å²) in [6.45, 7) is 2.12. The Morgan fingerprint density at radius 3 is 2.87 bits per heavy atom. The van der Waals surface area contributed by atoms with Gasteiger partial charge in [0.2, 0.25) is 0 Å². The molecule has 0 fully saturated rings. The molecule has 1 aromatic carbocycles. The molecule has 82 valence electrons. The predicted molar refractivity (Wildman–Crippen MR) is 65.5 cm³/mol. The van der Waals surface area contributed by atoms with Crippen LogP contribution in [0.3, 0.4) is 0 Å². The number of nitrogens with two attached hydrogens (primary N) is 1. The van der Waals surface area contributed by atoms with Gasteiger partial charge < -0.3 is 10.5 Å². The minimum Gasteiger partial charge on any atom is -0.490 e. The van der Waals surface area contributed by atoms with E-state index in [-0.39, 0.29) is 18.3 Å². The molecule has 0 spiro atoms. The molecule has 0 saturated heterocycles. The Hall–Kier alpha value is -0.680. The first-order valence-corrected chi connectivity index (χ1v) is 5.58. The molecule has 2 N–H and O–H groups in total. The molecule has 0 aliphatic heterocycles. The highest BCUT2D eigenvalue weighted by Crippen LogP contribution is 2.21. The number of hydrogen-bond acceptors (Lipinski definition) is 2. The van der Waals surface area contributed by atoms with E-state index >= 15 is 0 Å². The average molecular weight is 292 g/mol. The molecular formula is C10H11BrFNOS. The average Bonchev–Trinajstić information content (AvgIpc) is 2.15. The lowest BCUT2D eigenvalue weighted by molar-refractivity contribution is 0.279. The molecule has 0 aliphatic carbocycles. The molecule has 0 amide bonds. The first-order valence-electron chi connectivity index (χ1n) is 4.38. The Bertz CT molecular complexity index is 372. The van der Waals surface area contributed by atoms with Crippen LogP contribution < -0.4 is 10.5 Å². The molecule has 0 saturated carbocycles. The first-order chi connectivity index (χ1) is 7.00. The van der Waals surface area contributed by atoms with Gasteiger partial charge in [-0.05, 0) is 18.2 Å². The Labute approximate surface area is 102 Å². The summed E-state index contributed by atoms with van der Waals surface area (Å²) in [6.07, 6.45) is 0. The van der Waals surface area contributed by atoms with Crippen molar-refractivity contribution in [2.24, 2.45) is 11.7 Å². The second-order valence-corrected chi connectivity index (χ2v) is 4.58. The maximum Gasteiger partial charge on any atom is 0.166 e. The second-order valence-electron chi connectivity index (χ2n) is 3.19. The van der Waals surface area contributed by atoms with Crippen LogP contribution in [0.1, 0.15) is 6.92 Å². The maximum atomic E-state index is 13.3. The third kappa shape index (κ3) is 3.76. The molecule has 0 heterocycles. The van der Waals surface area contributed by atoms with Crippen LogP contribution in [-0.2, 0) is 0 Å². The summed E-state index contributed by atoms with van der Waals surface area (Å²) in [5.41, 5.74) is 5.41. The molecule has 1 aromatic rings. The monoisotopic (exact) mass is 291 g/mol. The van der Waals surface area contributed by atoms with Crippen LogP contribution in [0.4, 0.5) is 4.39 Å². The predicted octanol–water partition coefficient (Wildman–Crippen LogP) is 2.89. The van der Waals surface area contributed by atoms with Gasteiger partial charge in [-0.2, -0.15) is 0 Å². The summed E-state index contributed by atoms with van der Waals surface area (Å²) >= 11 is 7.95. The summed E-state index contributed by atoms with van der Waals surface area (Å²) in [4.78, 5) is 0.368. The molecule has 0 radical (unpaired) electrons. The number of rotatable bonds is 4. The van der Waals surface area contributed by atoms with E-state index in [1.807, 2.05) is 6.92 Å². The zero-order valence-corrected chi connectivity index (χ0v) is 10.6. The highest BCUT2D eigenvalue weighted by Gasteiger charge is 2.08. The molecule has 1 rings (SSSR count). The summed E-state index contributed by atoms with van der Waals surface area (Å²) in [7, 11) is 0. The van der Waals surface area contributed by atoms with E-state index in [0.717, 1.165) is 0 Å². The second kappa shape index (κ2) is 5.42. The van der Waals surface area contributed by atoms with Crippen molar-refractivity contribution in [3.63, 3.8) is 0 Å². The van der Waals surface area contributed by atoms with Gasteiger partial charge in [-0.15, -0.1) is 0 Å². The topological polar surface area (TPSA) is 35.2 Å². The van der Waals surface area contributed by atoms with Gasteiger partial charge in [-0.3, -0.25) is 0 Å². The standard InChI is InChI=1S/C10H11BrFNOS/c1-6(10(13)15)5-14-9-3-2-7(11)4-8(9)12/h2-4,6H,5H2,1H3,(H2,13,15). The van der Waals surface area contributed by atoms with Crippen molar-refractivity contribution in [1.82, 2.24) is 0 Å². The van der Waals surface area contributed by atoms with Crippen LogP contribution in [-0.4, -0.2) is 11.6 Å². The van der Waals surface area contributed by atoms with Crippen molar-refractivity contribution in [3.8, 4) is 5.75 Å². The quantitative estimate of drug-likeness (QED) is 0.867. The van der Waals surface area contributed by atoms with Gasteiger partial charge in [0.1, 0.15) is 0 Å². The lowest BCUT2D eigenvalue weighted by Gasteiger charge is -2.12. The van der Waals surface area contributed by atoms with Crippen molar-refractivity contribution in [2.75, 3.05) is 6.61 Å². The number of thiocarbonyl (C=S) groups is 1. The van der Waals surface area contributed by atoms with Crippen molar-refractivity contribution >= 4 is 33.1 Å². The molecule has 1 unspecified atom stereocenters. The fourth-order valence-corrected chi connectivity index (χ4v) is 1.29.